The number of nitrogens with two attached hydrogens (primary N) is 1. The molecule has 4 N–H and O–H groups in total. The fraction of sp³-hybridized carbons (Fsp3) is 0.467. The first-order valence-corrected chi connectivity index (χ1v) is 7.52. The topological polar surface area (TPSA) is 104 Å². The summed E-state index contributed by atoms with van der Waals surface area (Å²) in [5, 5.41) is 16.0. The van der Waals surface area contributed by atoms with Crippen LogP contribution in [0.4, 0.5) is 0 Å². The van der Waals surface area contributed by atoms with Crippen LogP contribution in [0.15, 0.2) is 24.3 Å². The molecule has 0 unspecified atom stereocenters. The predicted octanol–water partition coefficient (Wildman–Crippen LogP) is 1.16. The second-order valence-corrected chi connectivity index (χ2v) is 5.29. The number of carboxylic acids is 2. The van der Waals surface area contributed by atoms with Gasteiger partial charge in [-0.25, -0.2) is 0 Å². The predicted molar refractivity (Wildman–Crippen MR) is 84.0 cm³/mol. The van der Waals surface area contributed by atoms with Gasteiger partial charge in [0, 0.05) is 13.1 Å². The first kappa shape index (κ1) is 18.4. The van der Waals surface area contributed by atoms with Gasteiger partial charge in [-0.2, -0.15) is 0 Å². The summed E-state index contributed by atoms with van der Waals surface area (Å²) in [4.78, 5) is 21.9. The van der Waals surface area contributed by atoms with Gasteiger partial charge in [-0.1, -0.05) is 24.3 Å². The normalized spacial score (nSPS) is 15.7. The molecule has 22 heavy (non-hydrogen) atoms. The van der Waals surface area contributed by atoms with Crippen molar-refractivity contribution in [2.24, 2.45) is 5.73 Å². The van der Waals surface area contributed by atoms with E-state index in [2.05, 4.69) is 29.2 Å². The number of carbonyl (C=O) groups is 2. The molecule has 1 atom stereocenters. The zero-order valence-corrected chi connectivity index (χ0v) is 13.0. The Bertz CT molecular complexity index is 483. The molecule has 7 heteroatoms. The van der Waals surface area contributed by atoms with Crippen LogP contribution in [0, 0.1) is 0 Å². The molecule has 0 bridgehead atoms. The first-order chi connectivity index (χ1) is 10.4. The number of aliphatic carboxylic acids is 2. The molecule has 2 rings (SSSR count). The van der Waals surface area contributed by atoms with E-state index in [-0.39, 0.29) is 0 Å². The Kier molecular flexibility index (Phi) is 7.87. The van der Waals surface area contributed by atoms with Crippen LogP contribution in [0.1, 0.15) is 17.5 Å². The van der Waals surface area contributed by atoms with Gasteiger partial charge in [-0.3, -0.25) is 14.5 Å². The number of hydrogen-bond acceptors (Lipinski definition) is 4. The highest BCUT2D eigenvalue weighted by Crippen LogP contribution is 2.15. The molecule has 0 fully saturated rings. The number of nitrogens with zero attached hydrogens (tertiary/aromatic N) is 1. The number of alkyl halides is 1. The van der Waals surface area contributed by atoms with Crippen LogP contribution in [0.2, 0.25) is 0 Å². The van der Waals surface area contributed by atoms with Gasteiger partial charge in [-0.15, -0.1) is 11.6 Å². The monoisotopic (exact) mass is 328 g/mol. The molecule has 1 aliphatic rings. The van der Waals surface area contributed by atoms with E-state index in [1.54, 1.807) is 0 Å². The Labute approximate surface area is 134 Å². The molecule has 1 heterocycles. The Morgan fingerprint density at radius 3 is 2.00 bits per heavy atom. The van der Waals surface area contributed by atoms with E-state index < -0.39 is 24.4 Å². The maximum Gasteiger partial charge on any atom is 0.321 e. The van der Waals surface area contributed by atoms with Crippen LogP contribution in [-0.4, -0.2) is 52.2 Å². The van der Waals surface area contributed by atoms with E-state index >= 15 is 0 Å². The lowest BCUT2D eigenvalue weighted by molar-refractivity contribution is -0.144. The van der Waals surface area contributed by atoms with Crippen molar-refractivity contribution in [3.63, 3.8) is 0 Å². The van der Waals surface area contributed by atoms with Crippen LogP contribution in [0.3, 0.4) is 0 Å². The van der Waals surface area contributed by atoms with E-state index in [4.69, 9.17) is 27.5 Å². The third-order valence-corrected chi connectivity index (χ3v) is 3.73. The zero-order chi connectivity index (χ0) is 16.5. The lowest BCUT2D eigenvalue weighted by Gasteiger charge is -2.14. The molecule has 0 amide bonds. The minimum Gasteiger partial charge on any atom is -0.481 e. The largest absolute Gasteiger partial charge is 0.481 e. The third-order valence-electron chi connectivity index (χ3n) is 3.39. The summed E-state index contributed by atoms with van der Waals surface area (Å²) in [6.45, 7) is 2.20. The molecule has 0 saturated heterocycles. The zero-order valence-electron chi connectivity index (χ0n) is 12.2. The van der Waals surface area contributed by atoms with E-state index in [1.165, 1.54) is 11.1 Å². The lowest BCUT2D eigenvalue weighted by Crippen LogP contribution is -2.32. The number of carboxylic acid groups (broad SMARTS) is 2. The first-order valence-electron chi connectivity index (χ1n) is 6.99. The number of fused-ring (bicyclic) bond motifs is 1. The van der Waals surface area contributed by atoms with Crippen LogP contribution in [0.25, 0.3) is 0 Å². The van der Waals surface area contributed by atoms with Gasteiger partial charge in [-0.05, 0) is 24.0 Å². The molecular formula is C15H21ClN2O4. The van der Waals surface area contributed by atoms with E-state index in [0.717, 1.165) is 25.9 Å². The smallest absolute Gasteiger partial charge is 0.321 e. The molecule has 0 radical (unpaired) electrons. The molecular weight excluding hydrogens is 308 g/mol. The summed E-state index contributed by atoms with van der Waals surface area (Å²) in [6, 6.07) is 8.07. The summed E-state index contributed by atoms with van der Waals surface area (Å²) < 4.78 is 0. The van der Waals surface area contributed by atoms with Crippen LogP contribution >= 0.6 is 11.6 Å². The molecule has 122 valence electrons. The van der Waals surface area contributed by atoms with Crippen LogP contribution in [-0.2, 0) is 22.4 Å². The molecule has 0 aromatic heterocycles. The average Bonchev–Trinajstić information content (AvgIpc) is 2.69. The Morgan fingerprint density at radius 1 is 1.18 bits per heavy atom. The van der Waals surface area contributed by atoms with Crippen molar-refractivity contribution in [1.82, 2.24) is 4.90 Å². The summed E-state index contributed by atoms with van der Waals surface area (Å²) in [7, 11) is 0. The SMILES string of the molecule is ClCN1CCc2ccccc2CC1.N[C@@H](CC(=O)O)C(=O)O. The minimum absolute atomic E-state index is 0.532. The number of rotatable bonds is 4. The molecule has 0 saturated carbocycles. The third kappa shape index (κ3) is 6.43. The molecule has 0 spiro atoms. The summed E-state index contributed by atoms with van der Waals surface area (Å²) in [6.07, 6.45) is 1.75. The van der Waals surface area contributed by atoms with Crippen LogP contribution in [0.5, 0.6) is 0 Å². The van der Waals surface area contributed by atoms with E-state index in [1.807, 2.05) is 0 Å². The highest BCUT2D eigenvalue weighted by atomic mass is 35.5. The quantitative estimate of drug-likeness (QED) is 0.566. The standard InChI is InChI=1S/C11H14ClN.C4H7NO4/c12-9-13-7-5-10-3-1-2-4-11(10)6-8-13;5-2(4(8)9)1-3(6)7/h1-4H,5-9H2;2H,1,5H2,(H,6,7)(H,8,9)/t;2-/m.0/s1. The fourth-order valence-electron chi connectivity index (χ4n) is 2.11. The van der Waals surface area contributed by atoms with Gasteiger partial charge < -0.3 is 15.9 Å². The van der Waals surface area contributed by atoms with Crippen molar-refractivity contribution in [1.29, 1.82) is 0 Å². The molecule has 6 nitrogen and oxygen atoms in total. The van der Waals surface area contributed by atoms with E-state index in [0.29, 0.717) is 6.00 Å². The molecule has 1 aliphatic heterocycles. The van der Waals surface area contributed by atoms with Gasteiger partial charge in [0.05, 0.1) is 12.4 Å². The highest BCUT2D eigenvalue weighted by molar-refractivity contribution is 6.17. The number of halogens is 1. The maximum atomic E-state index is 9.85. The Hall–Kier alpha value is -1.63. The van der Waals surface area contributed by atoms with E-state index in [9.17, 15) is 9.59 Å². The summed E-state index contributed by atoms with van der Waals surface area (Å²) >= 11 is 5.82. The van der Waals surface area contributed by atoms with Crippen molar-refractivity contribution in [2.45, 2.75) is 25.3 Å². The van der Waals surface area contributed by atoms with Gasteiger partial charge >= 0.3 is 11.9 Å². The number of hydrogen-bond donors (Lipinski definition) is 3. The fourth-order valence-corrected chi connectivity index (χ4v) is 2.35. The van der Waals surface area contributed by atoms with Gasteiger partial charge in [0.15, 0.2) is 0 Å². The number of benzene rings is 1. The molecule has 1 aromatic rings. The van der Waals surface area contributed by atoms with Gasteiger partial charge in [0.2, 0.25) is 0 Å². The minimum atomic E-state index is -1.29. The summed E-state index contributed by atoms with van der Waals surface area (Å²) in [5.41, 5.74) is 7.83. The Balaban J connectivity index is 0.000000239. The summed E-state index contributed by atoms with van der Waals surface area (Å²) in [5.74, 6) is -2.50. The maximum absolute atomic E-state index is 9.85. The molecule has 1 aromatic carbocycles. The van der Waals surface area contributed by atoms with Gasteiger partial charge in [0.25, 0.3) is 0 Å². The van der Waals surface area contributed by atoms with Crippen molar-refractivity contribution in [2.75, 3.05) is 19.1 Å². The second kappa shape index (κ2) is 9.40. The van der Waals surface area contributed by atoms with Crippen molar-refractivity contribution in [3.05, 3.63) is 35.4 Å². The van der Waals surface area contributed by atoms with Crippen molar-refractivity contribution < 1.29 is 19.8 Å². The Morgan fingerprint density at radius 2 is 1.68 bits per heavy atom. The van der Waals surface area contributed by atoms with Gasteiger partial charge in [0.1, 0.15) is 6.04 Å². The van der Waals surface area contributed by atoms with Crippen molar-refractivity contribution >= 4 is 23.5 Å². The lowest BCUT2D eigenvalue weighted by atomic mass is 10.0. The average molecular weight is 329 g/mol. The molecule has 0 aliphatic carbocycles. The van der Waals surface area contributed by atoms with Crippen LogP contribution < -0.4 is 5.73 Å². The highest BCUT2D eigenvalue weighted by Gasteiger charge is 2.14. The van der Waals surface area contributed by atoms with Crippen molar-refractivity contribution in [3.8, 4) is 0 Å². The second-order valence-electron chi connectivity index (χ2n) is 5.05.